The minimum absolute atomic E-state index is 0.195. The fourth-order valence-electron chi connectivity index (χ4n) is 3.61. The SMILES string of the molecule is CN=C(NCc1ccc(OC(C)C)cc1)NC1CCN(Cc2ccccc2)CC1. The molecule has 1 heterocycles. The van der Waals surface area contributed by atoms with Crippen molar-refractivity contribution in [3.8, 4) is 5.75 Å². The monoisotopic (exact) mass is 394 g/mol. The van der Waals surface area contributed by atoms with Crippen molar-refractivity contribution in [2.45, 2.75) is 51.9 Å². The molecule has 1 saturated heterocycles. The Morgan fingerprint density at radius 1 is 1.03 bits per heavy atom. The summed E-state index contributed by atoms with van der Waals surface area (Å²) in [5.74, 6) is 1.78. The Morgan fingerprint density at radius 2 is 1.72 bits per heavy atom. The zero-order valence-electron chi connectivity index (χ0n) is 17.9. The van der Waals surface area contributed by atoms with Crippen LogP contribution < -0.4 is 15.4 Å². The number of aliphatic imine (C=N–C) groups is 1. The molecule has 0 aliphatic carbocycles. The molecule has 2 aromatic carbocycles. The maximum absolute atomic E-state index is 5.70. The number of piperidine rings is 1. The lowest BCUT2D eigenvalue weighted by molar-refractivity contribution is 0.198. The highest BCUT2D eigenvalue weighted by atomic mass is 16.5. The number of rotatable bonds is 7. The van der Waals surface area contributed by atoms with Gasteiger partial charge in [-0.1, -0.05) is 42.5 Å². The summed E-state index contributed by atoms with van der Waals surface area (Å²) < 4.78 is 5.70. The zero-order chi connectivity index (χ0) is 20.5. The van der Waals surface area contributed by atoms with Gasteiger partial charge >= 0.3 is 0 Å². The minimum Gasteiger partial charge on any atom is -0.491 e. The summed E-state index contributed by atoms with van der Waals surface area (Å²) in [7, 11) is 1.83. The number of hydrogen-bond donors (Lipinski definition) is 2. The second-order valence-electron chi connectivity index (χ2n) is 7.92. The Morgan fingerprint density at radius 3 is 2.34 bits per heavy atom. The lowest BCUT2D eigenvalue weighted by Crippen LogP contribution is -2.48. The van der Waals surface area contributed by atoms with Gasteiger partial charge in [-0.25, -0.2) is 0 Å². The number of nitrogens with one attached hydrogen (secondary N) is 2. The fourth-order valence-corrected chi connectivity index (χ4v) is 3.61. The van der Waals surface area contributed by atoms with Gasteiger partial charge in [0.15, 0.2) is 5.96 Å². The van der Waals surface area contributed by atoms with Crippen LogP contribution in [0.3, 0.4) is 0 Å². The number of nitrogens with zero attached hydrogens (tertiary/aromatic N) is 2. The van der Waals surface area contributed by atoms with Gasteiger partial charge in [0.05, 0.1) is 6.10 Å². The number of hydrogen-bond acceptors (Lipinski definition) is 3. The average molecular weight is 395 g/mol. The molecular weight excluding hydrogens is 360 g/mol. The number of benzene rings is 2. The van der Waals surface area contributed by atoms with Crippen molar-refractivity contribution in [2.75, 3.05) is 20.1 Å². The molecular formula is C24H34N4O. The molecule has 0 radical (unpaired) electrons. The molecule has 2 N–H and O–H groups in total. The molecule has 5 nitrogen and oxygen atoms in total. The standard InChI is InChI=1S/C24H34N4O/c1-19(2)29-23-11-9-20(10-12-23)17-26-24(25-3)27-22-13-15-28(16-14-22)18-21-7-5-4-6-8-21/h4-12,19,22H,13-18H2,1-3H3,(H2,25,26,27). The predicted molar refractivity (Wildman–Crippen MR) is 120 cm³/mol. The van der Waals surface area contributed by atoms with Crippen LogP contribution in [-0.4, -0.2) is 43.1 Å². The Bertz CT molecular complexity index is 750. The van der Waals surface area contributed by atoms with Crippen LogP contribution in [0.1, 0.15) is 37.8 Å². The van der Waals surface area contributed by atoms with E-state index in [2.05, 4.69) is 63.0 Å². The van der Waals surface area contributed by atoms with E-state index in [1.54, 1.807) is 0 Å². The summed E-state index contributed by atoms with van der Waals surface area (Å²) in [5, 5.41) is 7.01. The molecule has 2 aromatic rings. The van der Waals surface area contributed by atoms with Crippen molar-refractivity contribution >= 4 is 5.96 Å². The second-order valence-corrected chi connectivity index (χ2v) is 7.92. The lowest BCUT2D eigenvalue weighted by atomic mass is 10.0. The molecule has 1 aliphatic rings. The van der Waals surface area contributed by atoms with Gasteiger partial charge in [0.25, 0.3) is 0 Å². The van der Waals surface area contributed by atoms with Crippen LogP contribution in [-0.2, 0) is 13.1 Å². The molecule has 0 aromatic heterocycles. The summed E-state index contributed by atoms with van der Waals surface area (Å²) in [6, 6.07) is 19.4. The van der Waals surface area contributed by atoms with Gasteiger partial charge < -0.3 is 15.4 Å². The average Bonchev–Trinajstić information content (AvgIpc) is 2.74. The highest BCUT2D eigenvalue weighted by molar-refractivity contribution is 5.79. The van der Waals surface area contributed by atoms with Crippen molar-refractivity contribution in [1.29, 1.82) is 0 Å². The molecule has 156 valence electrons. The van der Waals surface area contributed by atoms with E-state index in [1.165, 1.54) is 11.1 Å². The van der Waals surface area contributed by atoms with Crippen LogP contribution in [0.5, 0.6) is 5.75 Å². The maximum Gasteiger partial charge on any atom is 0.191 e. The van der Waals surface area contributed by atoms with Crippen LogP contribution in [0.4, 0.5) is 0 Å². The van der Waals surface area contributed by atoms with Crippen molar-refractivity contribution < 1.29 is 4.74 Å². The van der Waals surface area contributed by atoms with Crippen molar-refractivity contribution in [1.82, 2.24) is 15.5 Å². The van der Waals surface area contributed by atoms with Crippen LogP contribution >= 0.6 is 0 Å². The van der Waals surface area contributed by atoms with Crippen LogP contribution in [0.2, 0.25) is 0 Å². The molecule has 1 aliphatic heterocycles. The highest BCUT2D eigenvalue weighted by Gasteiger charge is 2.20. The van der Waals surface area contributed by atoms with E-state index in [4.69, 9.17) is 4.74 Å². The van der Waals surface area contributed by atoms with E-state index in [0.29, 0.717) is 6.04 Å². The van der Waals surface area contributed by atoms with Crippen LogP contribution in [0.25, 0.3) is 0 Å². The minimum atomic E-state index is 0.195. The van der Waals surface area contributed by atoms with Gasteiger partial charge in [-0.05, 0) is 49.9 Å². The fraction of sp³-hybridized carbons (Fsp3) is 0.458. The van der Waals surface area contributed by atoms with Gasteiger partial charge in [0, 0.05) is 39.3 Å². The molecule has 0 atom stereocenters. The molecule has 0 bridgehead atoms. The van der Waals surface area contributed by atoms with E-state index in [-0.39, 0.29) is 6.10 Å². The van der Waals surface area contributed by atoms with E-state index >= 15 is 0 Å². The third kappa shape index (κ3) is 7.09. The maximum atomic E-state index is 5.70. The second kappa shape index (κ2) is 10.9. The van der Waals surface area contributed by atoms with E-state index in [0.717, 1.165) is 50.7 Å². The van der Waals surface area contributed by atoms with E-state index in [9.17, 15) is 0 Å². The third-order valence-electron chi connectivity index (χ3n) is 5.16. The largest absolute Gasteiger partial charge is 0.491 e. The first kappa shape index (κ1) is 21.2. The number of guanidine groups is 1. The van der Waals surface area contributed by atoms with Gasteiger partial charge in [-0.15, -0.1) is 0 Å². The van der Waals surface area contributed by atoms with Gasteiger partial charge in [0.1, 0.15) is 5.75 Å². The summed E-state index contributed by atoms with van der Waals surface area (Å²) >= 11 is 0. The smallest absolute Gasteiger partial charge is 0.191 e. The molecule has 0 saturated carbocycles. The Hall–Kier alpha value is -2.53. The first-order chi connectivity index (χ1) is 14.1. The topological polar surface area (TPSA) is 48.9 Å². The Labute approximate surface area is 175 Å². The summed E-state index contributed by atoms with van der Waals surface area (Å²) in [6.07, 6.45) is 2.46. The van der Waals surface area contributed by atoms with Gasteiger partial charge in [0.2, 0.25) is 0 Å². The highest BCUT2D eigenvalue weighted by Crippen LogP contribution is 2.15. The molecule has 1 fully saturated rings. The van der Waals surface area contributed by atoms with Crippen LogP contribution in [0, 0.1) is 0 Å². The third-order valence-corrected chi connectivity index (χ3v) is 5.16. The van der Waals surface area contributed by atoms with Gasteiger partial charge in [-0.2, -0.15) is 0 Å². The van der Waals surface area contributed by atoms with Crippen molar-refractivity contribution in [3.63, 3.8) is 0 Å². The number of likely N-dealkylation sites (tertiary alicyclic amines) is 1. The summed E-state index contributed by atoms with van der Waals surface area (Å²) in [4.78, 5) is 6.93. The van der Waals surface area contributed by atoms with Gasteiger partial charge in [-0.3, -0.25) is 9.89 Å². The molecule has 0 unspecified atom stereocenters. The number of ether oxygens (including phenoxy) is 1. The van der Waals surface area contributed by atoms with Crippen LogP contribution in [0.15, 0.2) is 59.6 Å². The first-order valence-corrected chi connectivity index (χ1v) is 10.6. The molecule has 29 heavy (non-hydrogen) atoms. The molecule has 5 heteroatoms. The lowest BCUT2D eigenvalue weighted by Gasteiger charge is -2.33. The Kier molecular flexibility index (Phi) is 7.94. The molecule has 3 rings (SSSR count). The molecule has 0 spiro atoms. The molecule has 0 amide bonds. The summed E-state index contributed by atoms with van der Waals surface area (Å²) in [6.45, 7) is 8.09. The predicted octanol–water partition coefficient (Wildman–Crippen LogP) is 3.80. The first-order valence-electron chi connectivity index (χ1n) is 10.6. The Balaban J connectivity index is 1.40. The quantitative estimate of drug-likeness (QED) is 0.554. The summed E-state index contributed by atoms with van der Waals surface area (Å²) in [5.41, 5.74) is 2.60. The van der Waals surface area contributed by atoms with Crippen molar-refractivity contribution in [3.05, 3.63) is 65.7 Å². The zero-order valence-corrected chi connectivity index (χ0v) is 17.9. The van der Waals surface area contributed by atoms with Crippen molar-refractivity contribution in [2.24, 2.45) is 4.99 Å². The normalized spacial score (nSPS) is 16.1. The van der Waals surface area contributed by atoms with E-state index in [1.807, 2.05) is 33.0 Å². The van der Waals surface area contributed by atoms with E-state index < -0.39 is 0 Å².